The minimum atomic E-state index is 0.432. The smallest absolute Gasteiger partial charge is 0.135 e. The van der Waals surface area contributed by atoms with Crippen LogP contribution >= 0.6 is 36.4 Å². The molecular formula is C14H12ClNS2. The Morgan fingerprint density at radius 2 is 1.94 bits per heavy atom. The van der Waals surface area contributed by atoms with E-state index in [-0.39, 0.29) is 0 Å². The monoisotopic (exact) mass is 293 g/mol. The van der Waals surface area contributed by atoms with Crippen LogP contribution in [-0.2, 0) is 0 Å². The predicted octanol–water partition coefficient (Wildman–Crippen LogP) is 5.00. The summed E-state index contributed by atoms with van der Waals surface area (Å²) in [6.45, 7) is 0. The molecule has 1 saturated carbocycles. The van der Waals surface area contributed by atoms with Gasteiger partial charge in [0.15, 0.2) is 0 Å². The first-order valence-electron chi connectivity index (χ1n) is 5.88. The maximum atomic E-state index is 6.37. The average molecular weight is 294 g/mol. The Morgan fingerprint density at radius 3 is 2.56 bits per heavy atom. The van der Waals surface area contributed by atoms with Gasteiger partial charge in [0, 0.05) is 5.39 Å². The Kier molecular flexibility index (Phi) is 3.22. The van der Waals surface area contributed by atoms with Crippen molar-refractivity contribution >= 4 is 57.2 Å². The van der Waals surface area contributed by atoms with Crippen LogP contribution in [0, 0.1) is 0 Å². The van der Waals surface area contributed by atoms with Crippen molar-refractivity contribution in [1.82, 2.24) is 0 Å². The molecule has 0 unspecified atom stereocenters. The normalized spacial score (nSPS) is 14.8. The van der Waals surface area contributed by atoms with Gasteiger partial charge in [-0.2, -0.15) is 0 Å². The van der Waals surface area contributed by atoms with Crippen molar-refractivity contribution < 1.29 is 0 Å². The quantitative estimate of drug-likeness (QED) is 0.597. The van der Waals surface area contributed by atoms with Gasteiger partial charge in [0.05, 0.1) is 10.7 Å². The van der Waals surface area contributed by atoms with Crippen LogP contribution in [0.15, 0.2) is 30.3 Å². The summed E-state index contributed by atoms with van der Waals surface area (Å²) in [5, 5.41) is 6.16. The van der Waals surface area contributed by atoms with Crippen LogP contribution in [0.4, 0.5) is 5.69 Å². The van der Waals surface area contributed by atoms with Gasteiger partial charge < -0.3 is 5.32 Å². The number of fused-ring (bicyclic) bond motifs is 1. The fraction of sp³-hybridized carbons (Fsp3) is 0.214. The number of hydrogen-bond acceptors (Lipinski definition) is 1. The Hall–Kier alpha value is -0.770. The second-order valence-electron chi connectivity index (χ2n) is 4.57. The lowest BCUT2D eigenvalue weighted by atomic mass is 9.99. The van der Waals surface area contributed by atoms with E-state index in [4.69, 9.17) is 23.8 Å². The molecule has 1 nitrogen and oxygen atoms in total. The van der Waals surface area contributed by atoms with E-state index in [1.54, 1.807) is 0 Å². The van der Waals surface area contributed by atoms with E-state index in [0.717, 1.165) is 11.1 Å². The van der Waals surface area contributed by atoms with Crippen molar-refractivity contribution in [3.63, 3.8) is 0 Å². The molecule has 2 aromatic carbocycles. The van der Waals surface area contributed by atoms with Gasteiger partial charge in [-0.05, 0) is 35.8 Å². The molecule has 0 aromatic heterocycles. The molecule has 0 bridgehead atoms. The predicted molar refractivity (Wildman–Crippen MR) is 86.1 cm³/mol. The van der Waals surface area contributed by atoms with Crippen LogP contribution < -0.4 is 5.32 Å². The molecule has 0 saturated heterocycles. The van der Waals surface area contributed by atoms with E-state index in [0.29, 0.717) is 15.3 Å². The summed E-state index contributed by atoms with van der Waals surface area (Å²) in [5.74, 6) is 0.671. The highest BCUT2D eigenvalue weighted by atomic mass is 35.5. The average Bonchev–Trinajstić information content (AvgIpc) is 3.16. The molecule has 2 aromatic rings. The number of halogens is 1. The second kappa shape index (κ2) is 4.72. The fourth-order valence-corrected chi connectivity index (χ4v) is 2.81. The van der Waals surface area contributed by atoms with E-state index in [1.165, 1.54) is 23.8 Å². The molecule has 0 amide bonds. The summed E-state index contributed by atoms with van der Waals surface area (Å²) < 4.78 is 0.432. The van der Waals surface area contributed by atoms with Crippen LogP contribution in [0.3, 0.4) is 0 Å². The molecule has 1 N–H and O–H groups in total. The van der Waals surface area contributed by atoms with Crippen LogP contribution in [0.2, 0.25) is 5.02 Å². The molecule has 0 spiro atoms. The fourth-order valence-electron chi connectivity index (χ4n) is 2.33. The van der Waals surface area contributed by atoms with E-state index < -0.39 is 0 Å². The first kappa shape index (κ1) is 12.3. The first-order chi connectivity index (χ1) is 8.66. The van der Waals surface area contributed by atoms with Crippen molar-refractivity contribution in [1.29, 1.82) is 0 Å². The first-order valence-corrected chi connectivity index (χ1v) is 7.11. The van der Waals surface area contributed by atoms with Crippen molar-refractivity contribution in [2.45, 2.75) is 18.8 Å². The van der Waals surface area contributed by atoms with Crippen LogP contribution in [0.5, 0.6) is 0 Å². The maximum absolute atomic E-state index is 6.37. The summed E-state index contributed by atoms with van der Waals surface area (Å²) in [6, 6.07) is 10.4. The molecule has 1 fully saturated rings. The van der Waals surface area contributed by atoms with Crippen molar-refractivity contribution in [3.05, 3.63) is 40.9 Å². The summed E-state index contributed by atoms with van der Waals surface area (Å²) in [7, 11) is 0. The zero-order valence-electron chi connectivity index (χ0n) is 9.61. The summed E-state index contributed by atoms with van der Waals surface area (Å²) in [4.78, 5) is 0. The van der Waals surface area contributed by atoms with Gasteiger partial charge >= 0.3 is 0 Å². The Balaban J connectivity index is 2.26. The molecule has 0 radical (unpaired) electrons. The Bertz CT molecular complexity index is 635. The highest BCUT2D eigenvalue weighted by Gasteiger charge is 2.26. The number of nitrogens with one attached hydrogen (secondary N) is 1. The van der Waals surface area contributed by atoms with Gasteiger partial charge in [-0.15, -0.1) is 12.6 Å². The molecule has 0 aliphatic heterocycles. The SMILES string of the molecule is S=C(S)Nc1c(Cl)cc(C2CC2)c2ccccc12. The third kappa shape index (κ3) is 2.22. The molecule has 0 heterocycles. The molecule has 1 aliphatic carbocycles. The second-order valence-corrected chi connectivity index (χ2v) is 6.14. The molecule has 3 rings (SSSR count). The molecule has 0 atom stereocenters. The molecule has 18 heavy (non-hydrogen) atoms. The van der Waals surface area contributed by atoms with E-state index in [9.17, 15) is 0 Å². The maximum Gasteiger partial charge on any atom is 0.135 e. The zero-order valence-corrected chi connectivity index (χ0v) is 12.1. The topological polar surface area (TPSA) is 12.0 Å². The van der Waals surface area contributed by atoms with Crippen molar-refractivity contribution in [2.24, 2.45) is 0 Å². The lowest BCUT2D eigenvalue weighted by Gasteiger charge is -2.14. The highest BCUT2D eigenvalue weighted by molar-refractivity contribution is 8.11. The highest BCUT2D eigenvalue weighted by Crippen LogP contribution is 2.46. The van der Waals surface area contributed by atoms with E-state index in [2.05, 4.69) is 42.2 Å². The lowest BCUT2D eigenvalue weighted by Crippen LogP contribution is -2.03. The van der Waals surface area contributed by atoms with Gasteiger partial charge in [0.1, 0.15) is 4.32 Å². The Morgan fingerprint density at radius 1 is 1.28 bits per heavy atom. The largest absolute Gasteiger partial charge is 0.340 e. The minimum Gasteiger partial charge on any atom is -0.340 e. The number of benzene rings is 2. The number of hydrogen-bond donors (Lipinski definition) is 2. The number of anilines is 1. The van der Waals surface area contributed by atoms with E-state index >= 15 is 0 Å². The van der Waals surface area contributed by atoms with Gasteiger partial charge in [0.25, 0.3) is 0 Å². The summed E-state index contributed by atoms with van der Waals surface area (Å²) in [5.41, 5.74) is 2.21. The Labute approximate surface area is 122 Å². The number of thiol groups is 1. The molecule has 1 aliphatic rings. The van der Waals surface area contributed by atoms with Gasteiger partial charge in [-0.3, -0.25) is 0 Å². The third-order valence-corrected chi connectivity index (χ3v) is 3.79. The summed E-state index contributed by atoms with van der Waals surface area (Å²) in [6.07, 6.45) is 2.52. The molecule has 4 heteroatoms. The zero-order chi connectivity index (χ0) is 12.7. The number of rotatable bonds is 2. The van der Waals surface area contributed by atoms with Crippen LogP contribution in [0.25, 0.3) is 10.8 Å². The van der Waals surface area contributed by atoms with E-state index in [1.807, 2.05) is 6.07 Å². The van der Waals surface area contributed by atoms with Crippen LogP contribution in [0.1, 0.15) is 24.3 Å². The summed E-state index contributed by atoms with van der Waals surface area (Å²) >= 11 is 15.5. The number of thiocarbonyl (C=S) groups is 1. The van der Waals surface area contributed by atoms with Crippen molar-refractivity contribution in [3.8, 4) is 0 Å². The third-order valence-electron chi connectivity index (χ3n) is 3.28. The standard InChI is InChI=1S/C14H12ClNS2/c15-12-7-11(8-5-6-8)9-3-1-2-4-10(9)13(12)16-14(17)18/h1-4,7-8H,5-6H2,(H2,16,17,18). The molecule has 92 valence electrons. The minimum absolute atomic E-state index is 0.432. The van der Waals surface area contributed by atoms with Crippen LogP contribution in [-0.4, -0.2) is 4.32 Å². The van der Waals surface area contributed by atoms with Gasteiger partial charge in [0.2, 0.25) is 0 Å². The molecular weight excluding hydrogens is 282 g/mol. The van der Waals surface area contributed by atoms with Gasteiger partial charge in [-0.1, -0.05) is 48.1 Å². The van der Waals surface area contributed by atoms with Crippen molar-refractivity contribution in [2.75, 3.05) is 5.32 Å². The lowest BCUT2D eigenvalue weighted by molar-refractivity contribution is 1.15. The van der Waals surface area contributed by atoms with Gasteiger partial charge in [-0.25, -0.2) is 0 Å².